The largest absolute Gasteiger partial charge is 0.462 e. The Morgan fingerprint density at radius 1 is 1.17 bits per heavy atom. The molecule has 1 aliphatic heterocycles. The molecule has 2 aliphatic rings. The molecule has 8 nitrogen and oxygen atoms in total. The van der Waals surface area contributed by atoms with E-state index in [1.54, 1.807) is 0 Å². The second kappa shape index (κ2) is 11.0. The fraction of sp³-hybridized carbons (Fsp3) is 0.600. The third-order valence-electron chi connectivity index (χ3n) is 7.16. The van der Waals surface area contributed by atoms with Gasteiger partial charge in [-0.25, -0.2) is 9.97 Å². The summed E-state index contributed by atoms with van der Waals surface area (Å²) in [4.78, 5) is 34.2. The maximum absolute atomic E-state index is 13.1. The second-order valence-corrected chi connectivity index (χ2v) is 9.65. The number of fused-ring (bicyclic) bond motifs is 1. The lowest BCUT2D eigenvalue weighted by Gasteiger charge is -2.47. The molecule has 1 aliphatic carbocycles. The Balaban J connectivity index is 1.22. The molecule has 1 amide bonds. The zero-order valence-electron chi connectivity index (χ0n) is 20.5. The number of aromatic nitrogens is 2. The van der Waals surface area contributed by atoms with Crippen molar-refractivity contribution in [3.63, 3.8) is 0 Å². The maximum atomic E-state index is 13.1. The van der Waals surface area contributed by atoms with E-state index in [1.807, 2.05) is 6.92 Å². The van der Waals surface area contributed by atoms with E-state index < -0.39 is 11.7 Å². The first-order chi connectivity index (χ1) is 17.1. The summed E-state index contributed by atoms with van der Waals surface area (Å²) in [5, 5.41) is 6.03. The summed E-state index contributed by atoms with van der Waals surface area (Å²) >= 11 is 0. The van der Waals surface area contributed by atoms with Crippen LogP contribution in [-0.4, -0.2) is 64.6 Å². The van der Waals surface area contributed by atoms with Gasteiger partial charge in [0.2, 0.25) is 5.91 Å². The van der Waals surface area contributed by atoms with E-state index in [-0.39, 0.29) is 41.8 Å². The van der Waals surface area contributed by atoms with Crippen molar-refractivity contribution in [2.45, 2.75) is 70.3 Å². The highest BCUT2D eigenvalue weighted by Crippen LogP contribution is 2.34. The van der Waals surface area contributed by atoms with Gasteiger partial charge in [-0.05, 0) is 56.2 Å². The van der Waals surface area contributed by atoms with Gasteiger partial charge in [0.15, 0.2) is 0 Å². The topological polar surface area (TPSA) is 96.5 Å². The molecule has 1 unspecified atom stereocenters. The molecular formula is C25H32F3N5O3. The Hall–Kier alpha value is -2.95. The number of halogens is 3. The van der Waals surface area contributed by atoms with Crippen molar-refractivity contribution >= 4 is 28.6 Å². The van der Waals surface area contributed by atoms with Gasteiger partial charge >= 0.3 is 12.1 Å². The van der Waals surface area contributed by atoms with Crippen molar-refractivity contribution in [1.82, 2.24) is 20.2 Å². The number of nitrogens with one attached hydrogen (secondary N) is 2. The Morgan fingerprint density at radius 3 is 2.53 bits per heavy atom. The van der Waals surface area contributed by atoms with Gasteiger partial charge in [0.1, 0.15) is 18.2 Å². The molecule has 2 aromatic rings. The number of amides is 1. The third-order valence-corrected chi connectivity index (χ3v) is 7.16. The monoisotopic (exact) mass is 507 g/mol. The van der Waals surface area contributed by atoms with E-state index >= 15 is 0 Å². The highest BCUT2D eigenvalue weighted by Gasteiger charge is 2.37. The molecule has 1 saturated carbocycles. The molecule has 0 bridgehead atoms. The van der Waals surface area contributed by atoms with Crippen LogP contribution in [0.25, 0.3) is 10.9 Å². The number of likely N-dealkylation sites (tertiary alicyclic amines) is 1. The molecule has 4 rings (SSSR count). The number of rotatable bonds is 8. The molecule has 0 spiro atoms. The first-order valence-electron chi connectivity index (χ1n) is 12.4. The van der Waals surface area contributed by atoms with Gasteiger partial charge in [-0.3, -0.25) is 14.5 Å². The Kier molecular flexibility index (Phi) is 7.97. The minimum Gasteiger partial charge on any atom is -0.462 e. The van der Waals surface area contributed by atoms with Gasteiger partial charge in [-0.15, -0.1) is 0 Å². The second-order valence-electron chi connectivity index (χ2n) is 9.65. The first kappa shape index (κ1) is 26.1. The average Bonchev–Trinajstić information content (AvgIpc) is 2.82. The molecule has 11 heteroatoms. The van der Waals surface area contributed by atoms with Gasteiger partial charge in [0, 0.05) is 31.4 Å². The smallest absolute Gasteiger partial charge is 0.416 e. The van der Waals surface area contributed by atoms with Crippen LogP contribution in [0, 0.1) is 5.92 Å². The minimum absolute atomic E-state index is 0.00793. The zero-order valence-corrected chi connectivity index (χ0v) is 20.5. The number of anilines is 1. The van der Waals surface area contributed by atoms with Gasteiger partial charge < -0.3 is 15.4 Å². The lowest BCUT2D eigenvalue weighted by Crippen LogP contribution is -2.63. The quantitative estimate of drug-likeness (QED) is 0.525. The van der Waals surface area contributed by atoms with E-state index in [9.17, 15) is 22.8 Å². The lowest BCUT2D eigenvalue weighted by atomic mass is 9.80. The normalized spacial score (nSPS) is 22.0. The van der Waals surface area contributed by atoms with E-state index in [0.29, 0.717) is 17.5 Å². The summed E-state index contributed by atoms with van der Waals surface area (Å²) in [6.45, 7) is 4.95. The molecule has 1 atom stereocenters. The Morgan fingerprint density at radius 2 is 1.89 bits per heavy atom. The number of alkyl halides is 3. The van der Waals surface area contributed by atoms with Crippen LogP contribution in [0.1, 0.15) is 51.5 Å². The molecule has 196 valence electrons. The predicted molar refractivity (Wildman–Crippen MR) is 128 cm³/mol. The van der Waals surface area contributed by atoms with Crippen molar-refractivity contribution < 1.29 is 27.5 Å². The van der Waals surface area contributed by atoms with Crippen molar-refractivity contribution in [2.24, 2.45) is 5.92 Å². The number of esters is 1. The number of carbonyl (C=O) groups excluding carboxylic acids is 2. The SMILES string of the molecule is CCC(OC(C)=O)[C@H]1CC[C@H](N2CC(NC(=O)CNc3ncnc4ccc(C(F)(F)F)cc34)C2)CC1. The standard InChI is InChI=1S/C25H32F3N5O3/c1-3-22(36-15(2)34)16-4-7-19(8-5-16)33-12-18(13-33)32-23(35)11-29-24-20-10-17(25(26,27)28)6-9-21(20)30-14-31-24/h6,9-10,14,16,18-19,22H,3-5,7-8,11-13H2,1-2H3,(H,32,35)(H,29,30,31)/t16-,19-,22?. The van der Waals surface area contributed by atoms with Crippen LogP contribution in [0.5, 0.6) is 0 Å². The van der Waals surface area contributed by atoms with Gasteiger partial charge in [-0.2, -0.15) is 13.2 Å². The Bertz CT molecular complexity index is 1080. The van der Waals surface area contributed by atoms with Gasteiger partial charge in [0.25, 0.3) is 0 Å². The first-order valence-corrected chi connectivity index (χ1v) is 12.4. The molecule has 36 heavy (non-hydrogen) atoms. The summed E-state index contributed by atoms with van der Waals surface area (Å²) in [5.74, 6) is 0.128. The van der Waals surface area contributed by atoms with Crippen molar-refractivity contribution in [1.29, 1.82) is 0 Å². The highest BCUT2D eigenvalue weighted by atomic mass is 19.4. The number of hydrogen-bond donors (Lipinski definition) is 2. The van der Waals surface area contributed by atoms with Crippen LogP contribution in [0.2, 0.25) is 0 Å². The molecular weight excluding hydrogens is 475 g/mol. The summed E-state index contributed by atoms with van der Waals surface area (Å²) in [6, 6.07) is 3.77. The van der Waals surface area contributed by atoms with Crippen LogP contribution in [0.4, 0.5) is 19.0 Å². The van der Waals surface area contributed by atoms with Gasteiger partial charge in [-0.1, -0.05) is 6.92 Å². The van der Waals surface area contributed by atoms with Crippen LogP contribution >= 0.6 is 0 Å². The third kappa shape index (κ3) is 6.24. The van der Waals surface area contributed by atoms with E-state index in [1.165, 1.54) is 19.3 Å². The lowest BCUT2D eigenvalue weighted by molar-refractivity contribution is -0.150. The fourth-order valence-corrected chi connectivity index (χ4v) is 5.28. The number of benzene rings is 1. The minimum atomic E-state index is -4.48. The van der Waals surface area contributed by atoms with E-state index in [2.05, 4.69) is 25.5 Å². The molecule has 1 saturated heterocycles. The number of nitrogens with zero attached hydrogens (tertiary/aromatic N) is 3. The molecule has 2 heterocycles. The molecule has 1 aromatic carbocycles. The van der Waals surface area contributed by atoms with E-state index in [0.717, 1.165) is 57.3 Å². The van der Waals surface area contributed by atoms with Crippen LogP contribution in [0.15, 0.2) is 24.5 Å². The zero-order chi connectivity index (χ0) is 25.9. The van der Waals surface area contributed by atoms with Crippen LogP contribution in [0.3, 0.4) is 0 Å². The van der Waals surface area contributed by atoms with Crippen LogP contribution in [-0.2, 0) is 20.5 Å². The van der Waals surface area contributed by atoms with Gasteiger partial charge in [0.05, 0.1) is 23.7 Å². The summed E-state index contributed by atoms with van der Waals surface area (Å²) in [7, 11) is 0. The fourth-order valence-electron chi connectivity index (χ4n) is 5.28. The summed E-state index contributed by atoms with van der Waals surface area (Å²) < 4.78 is 44.7. The van der Waals surface area contributed by atoms with E-state index in [4.69, 9.17) is 4.74 Å². The number of hydrogen-bond acceptors (Lipinski definition) is 7. The van der Waals surface area contributed by atoms with Crippen LogP contribution < -0.4 is 10.6 Å². The average molecular weight is 508 g/mol. The molecule has 0 radical (unpaired) electrons. The van der Waals surface area contributed by atoms with Crippen molar-refractivity contribution in [3.05, 3.63) is 30.1 Å². The van der Waals surface area contributed by atoms with Crippen molar-refractivity contribution in [2.75, 3.05) is 25.0 Å². The molecule has 2 N–H and O–H groups in total. The predicted octanol–water partition coefficient (Wildman–Crippen LogP) is 3.76. The number of ether oxygens (including phenoxy) is 1. The maximum Gasteiger partial charge on any atom is 0.416 e. The highest BCUT2D eigenvalue weighted by molar-refractivity contribution is 5.91. The number of carbonyl (C=O) groups is 2. The molecule has 1 aromatic heterocycles. The van der Waals surface area contributed by atoms with Crippen molar-refractivity contribution in [3.8, 4) is 0 Å². The Labute approximate surface area is 208 Å². The molecule has 2 fully saturated rings. The summed E-state index contributed by atoms with van der Waals surface area (Å²) in [5.41, 5.74) is -0.430. The summed E-state index contributed by atoms with van der Waals surface area (Å²) in [6.07, 6.45) is 1.74.